The molecular formula is C19H25Cl2NO2. The fraction of sp³-hybridized carbons (Fsp3) is 0.368. The predicted molar refractivity (Wildman–Crippen MR) is 103 cm³/mol. The summed E-state index contributed by atoms with van der Waals surface area (Å²) in [5.41, 5.74) is 2.12. The number of benzene rings is 2. The van der Waals surface area contributed by atoms with Crippen molar-refractivity contribution >= 4 is 24.0 Å². The van der Waals surface area contributed by atoms with E-state index < -0.39 is 0 Å². The molecule has 0 saturated carbocycles. The number of methoxy groups -OCH3 is 1. The van der Waals surface area contributed by atoms with Crippen LogP contribution in [0.2, 0.25) is 5.02 Å². The Kier molecular flexibility index (Phi) is 8.98. The van der Waals surface area contributed by atoms with E-state index in [1.165, 1.54) is 0 Å². The van der Waals surface area contributed by atoms with Gasteiger partial charge in [-0.25, -0.2) is 0 Å². The maximum atomic E-state index is 6.20. The van der Waals surface area contributed by atoms with Crippen molar-refractivity contribution in [3.8, 4) is 11.5 Å². The van der Waals surface area contributed by atoms with Crippen LogP contribution in [-0.4, -0.2) is 13.2 Å². The maximum absolute atomic E-state index is 6.20. The van der Waals surface area contributed by atoms with Gasteiger partial charge in [0.1, 0.15) is 6.61 Å². The lowest BCUT2D eigenvalue weighted by molar-refractivity contribution is 0.280. The first-order valence-corrected chi connectivity index (χ1v) is 8.28. The van der Waals surface area contributed by atoms with Crippen molar-refractivity contribution in [1.82, 2.24) is 5.32 Å². The third-order valence-electron chi connectivity index (χ3n) is 3.80. The molecule has 2 rings (SSSR count). The zero-order valence-corrected chi connectivity index (χ0v) is 15.9. The molecule has 0 fully saturated rings. The molecule has 0 heterocycles. The van der Waals surface area contributed by atoms with Crippen LogP contribution >= 0.6 is 24.0 Å². The summed E-state index contributed by atoms with van der Waals surface area (Å²) in [6.07, 6.45) is 1.07. The monoisotopic (exact) mass is 369 g/mol. The second-order valence-corrected chi connectivity index (χ2v) is 6.00. The van der Waals surface area contributed by atoms with Crippen molar-refractivity contribution in [2.75, 3.05) is 7.11 Å². The molecule has 24 heavy (non-hydrogen) atoms. The Morgan fingerprint density at radius 3 is 2.50 bits per heavy atom. The first kappa shape index (κ1) is 20.6. The molecule has 0 radical (unpaired) electrons. The smallest absolute Gasteiger partial charge is 0.166 e. The van der Waals surface area contributed by atoms with Gasteiger partial charge < -0.3 is 14.8 Å². The van der Waals surface area contributed by atoms with Crippen LogP contribution in [0.25, 0.3) is 0 Å². The highest BCUT2D eigenvalue weighted by molar-refractivity contribution is 6.30. The summed E-state index contributed by atoms with van der Waals surface area (Å²) >= 11 is 6.20. The highest BCUT2D eigenvalue weighted by Gasteiger charge is 2.14. The summed E-state index contributed by atoms with van der Waals surface area (Å²) in [5, 5.41) is 4.12. The Morgan fingerprint density at radius 1 is 1.17 bits per heavy atom. The third kappa shape index (κ3) is 5.90. The summed E-state index contributed by atoms with van der Waals surface area (Å²) in [7, 11) is 1.63. The van der Waals surface area contributed by atoms with E-state index in [0.717, 1.165) is 23.3 Å². The summed E-state index contributed by atoms with van der Waals surface area (Å²) in [4.78, 5) is 0. The van der Waals surface area contributed by atoms with Crippen LogP contribution in [0.5, 0.6) is 11.5 Å². The molecule has 0 aromatic heterocycles. The normalized spacial score (nSPS) is 11.5. The SMILES string of the molecule is CCC(C)NCc1cc(Cl)cc(OC)c1OCc1ccccc1.Cl. The molecule has 0 aliphatic heterocycles. The van der Waals surface area contributed by atoms with Crippen molar-refractivity contribution in [3.05, 3.63) is 58.6 Å². The second kappa shape index (κ2) is 10.4. The number of rotatable bonds is 8. The Balaban J connectivity index is 0.00000288. The van der Waals surface area contributed by atoms with E-state index in [0.29, 0.717) is 30.0 Å². The first-order valence-electron chi connectivity index (χ1n) is 7.90. The van der Waals surface area contributed by atoms with Gasteiger partial charge in [0.2, 0.25) is 0 Å². The fourth-order valence-electron chi connectivity index (χ4n) is 2.23. The Bertz CT molecular complexity index is 620. The lowest BCUT2D eigenvalue weighted by atomic mass is 10.1. The van der Waals surface area contributed by atoms with E-state index >= 15 is 0 Å². The predicted octanol–water partition coefficient (Wildman–Crippen LogP) is 5.24. The van der Waals surface area contributed by atoms with E-state index in [1.54, 1.807) is 13.2 Å². The number of halogens is 2. The lowest BCUT2D eigenvalue weighted by Gasteiger charge is -2.18. The summed E-state index contributed by atoms with van der Waals surface area (Å²) in [6, 6.07) is 14.2. The van der Waals surface area contributed by atoms with Gasteiger partial charge in [0.15, 0.2) is 11.5 Å². The average molecular weight is 370 g/mol. The van der Waals surface area contributed by atoms with Gasteiger partial charge in [0.25, 0.3) is 0 Å². The first-order chi connectivity index (χ1) is 11.1. The average Bonchev–Trinajstić information content (AvgIpc) is 2.58. The van der Waals surface area contributed by atoms with Crippen molar-refractivity contribution in [2.24, 2.45) is 0 Å². The van der Waals surface area contributed by atoms with Crippen molar-refractivity contribution in [1.29, 1.82) is 0 Å². The highest BCUT2D eigenvalue weighted by atomic mass is 35.5. The van der Waals surface area contributed by atoms with Crippen molar-refractivity contribution in [2.45, 2.75) is 39.5 Å². The van der Waals surface area contributed by atoms with E-state index in [1.807, 2.05) is 36.4 Å². The van der Waals surface area contributed by atoms with Crippen molar-refractivity contribution < 1.29 is 9.47 Å². The van der Waals surface area contributed by atoms with Gasteiger partial charge in [0, 0.05) is 29.2 Å². The number of hydrogen-bond donors (Lipinski definition) is 1. The minimum absolute atomic E-state index is 0. The van der Waals surface area contributed by atoms with Crippen LogP contribution in [-0.2, 0) is 13.2 Å². The molecule has 0 spiro atoms. The molecule has 1 N–H and O–H groups in total. The van der Waals surface area contributed by atoms with Gasteiger partial charge in [-0.3, -0.25) is 0 Å². The summed E-state index contributed by atoms with van der Waals surface area (Å²) < 4.78 is 11.5. The summed E-state index contributed by atoms with van der Waals surface area (Å²) in [6.45, 7) is 5.50. The Morgan fingerprint density at radius 2 is 1.88 bits per heavy atom. The van der Waals surface area contributed by atoms with E-state index in [-0.39, 0.29) is 12.4 Å². The molecule has 3 nitrogen and oxygen atoms in total. The maximum Gasteiger partial charge on any atom is 0.166 e. The fourth-order valence-corrected chi connectivity index (χ4v) is 2.46. The van der Waals surface area contributed by atoms with Gasteiger partial charge in [-0.15, -0.1) is 12.4 Å². The van der Waals surface area contributed by atoms with Gasteiger partial charge in [0.05, 0.1) is 7.11 Å². The molecule has 132 valence electrons. The number of ether oxygens (including phenoxy) is 2. The molecule has 0 saturated heterocycles. The van der Waals surface area contributed by atoms with E-state index in [4.69, 9.17) is 21.1 Å². The molecule has 1 atom stereocenters. The Labute approximate surface area is 155 Å². The zero-order chi connectivity index (χ0) is 16.7. The molecule has 0 amide bonds. The standard InChI is InChI=1S/C19H24ClNO2.ClH/c1-4-14(2)21-12-16-10-17(20)11-18(22-3)19(16)23-13-15-8-6-5-7-9-15;/h5-11,14,21H,4,12-13H2,1-3H3;1H. The van der Waals surface area contributed by atoms with Crippen LogP contribution in [0, 0.1) is 0 Å². The molecule has 0 aliphatic carbocycles. The van der Waals surface area contributed by atoms with Gasteiger partial charge >= 0.3 is 0 Å². The van der Waals surface area contributed by atoms with E-state index in [9.17, 15) is 0 Å². The van der Waals surface area contributed by atoms with Crippen molar-refractivity contribution in [3.63, 3.8) is 0 Å². The molecule has 2 aromatic carbocycles. The van der Waals surface area contributed by atoms with Crippen LogP contribution < -0.4 is 14.8 Å². The molecular weight excluding hydrogens is 345 g/mol. The highest BCUT2D eigenvalue weighted by Crippen LogP contribution is 2.35. The summed E-state index contributed by atoms with van der Waals surface area (Å²) in [5.74, 6) is 1.41. The Hall–Kier alpha value is -1.42. The number of nitrogens with one attached hydrogen (secondary N) is 1. The minimum Gasteiger partial charge on any atom is -0.493 e. The molecule has 0 bridgehead atoms. The van der Waals surface area contributed by atoms with Crippen LogP contribution in [0.15, 0.2) is 42.5 Å². The van der Waals surface area contributed by atoms with Gasteiger partial charge in [-0.2, -0.15) is 0 Å². The lowest BCUT2D eigenvalue weighted by Crippen LogP contribution is -2.24. The largest absolute Gasteiger partial charge is 0.493 e. The van der Waals surface area contributed by atoms with Gasteiger partial charge in [-0.1, -0.05) is 48.9 Å². The number of hydrogen-bond acceptors (Lipinski definition) is 3. The minimum atomic E-state index is 0. The molecule has 0 aliphatic rings. The second-order valence-electron chi connectivity index (χ2n) is 5.56. The molecule has 2 aromatic rings. The quantitative estimate of drug-likeness (QED) is 0.690. The molecule has 1 unspecified atom stereocenters. The molecule has 5 heteroatoms. The van der Waals surface area contributed by atoms with E-state index in [2.05, 4.69) is 19.2 Å². The van der Waals surface area contributed by atoms with Gasteiger partial charge in [-0.05, 0) is 25.0 Å². The van der Waals surface area contributed by atoms with Crippen LogP contribution in [0.3, 0.4) is 0 Å². The van der Waals surface area contributed by atoms with Crippen LogP contribution in [0.1, 0.15) is 31.4 Å². The topological polar surface area (TPSA) is 30.5 Å². The third-order valence-corrected chi connectivity index (χ3v) is 4.01. The zero-order valence-electron chi connectivity index (χ0n) is 14.3. The van der Waals surface area contributed by atoms with Crippen LogP contribution in [0.4, 0.5) is 0 Å².